The Morgan fingerprint density at radius 1 is 1.33 bits per heavy atom. The molecule has 15 heavy (non-hydrogen) atoms. The number of nitrogens with zero attached hydrogens (tertiary/aromatic N) is 1. The second kappa shape index (κ2) is 3.96. The van der Waals surface area contributed by atoms with Gasteiger partial charge < -0.3 is 11.1 Å². The Labute approximate surface area is 87.1 Å². The number of hydrogen-bond acceptors (Lipinski definition) is 3. The molecule has 0 saturated heterocycles. The van der Waals surface area contributed by atoms with Gasteiger partial charge in [-0.15, -0.1) is 0 Å². The van der Waals surface area contributed by atoms with Gasteiger partial charge in [-0.3, -0.25) is 9.78 Å². The van der Waals surface area contributed by atoms with E-state index in [9.17, 15) is 4.79 Å². The van der Waals surface area contributed by atoms with Crippen LogP contribution in [0.5, 0.6) is 0 Å². The first kappa shape index (κ1) is 9.45. The standard InChI is InChI=1S/C11H11N3O/c12-11(15)7-14-10-2-1-9-6-13-4-3-8(9)5-10/h1-6,14H,7H2,(H2,12,15). The Morgan fingerprint density at radius 2 is 2.20 bits per heavy atom. The number of amides is 1. The van der Waals surface area contributed by atoms with Gasteiger partial charge in [-0.05, 0) is 23.6 Å². The van der Waals surface area contributed by atoms with Crippen molar-refractivity contribution in [3.63, 3.8) is 0 Å². The summed E-state index contributed by atoms with van der Waals surface area (Å²) in [5.41, 5.74) is 5.92. The average Bonchev–Trinajstić information content (AvgIpc) is 2.26. The summed E-state index contributed by atoms with van der Waals surface area (Å²) >= 11 is 0. The molecule has 1 amide bonds. The Kier molecular flexibility index (Phi) is 2.49. The van der Waals surface area contributed by atoms with Crippen LogP contribution in [0.1, 0.15) is 0 Å². The van der Waals surface area contributed by atoms with Crippen molar-refractivity contribution in [1.29, 1.82) is 0 Å². The number of carbonyl (C=O) groups is 1. The molecule has 0 atom stereocenters. The van der Waals surface area contributed by atoms with Crippen molar-refractivity contribution >= 4 is 22.4 Å². The molecule has 0 unspecified atom stereocenters. The number of carbonyl (C=O) groups excluding carboxylic acids is 1. The molecule has 4 nitrogen and oxygen atoms in total. The molecule has 1 aromatic carbocycles. The van der Waals surface area contributed by atoms with Crippen molar-refractivity contribution in [3.8, 4) is 0 Å². The third kappa shape index (κ3) is 2.22. The fourth-order valence-electron chi connectivity index (χ4n) is 1.38. The summed E-state index contributed by atoms with van der Waals surface area (Å²) in [5.74, 6) is -0.371. The Morgan fingerprint density at radius 3 is 3.00 bits per heavy atom. The second-order valence-electron chi connectivity index (χ2n) is 3.26. The lowest BCUT2D eigenvalue weighted by molar-refractivity contribution is -0.116. The van der Waals surface area contributed by atoms with Crippen molar-refractivity contribution in [2.45, 2.75) is 0 Å². The van der Waals surface area contributed by atoms with Crippen LogP contribution in [0.25, 0.3) is 10.8 Å². The molecule has 0 radical (unpaired) electrons. The van der Waals surface area contributed by atoms with E-state index in [1.165, 1.54) is 0 Å². The van der Waals surface area contributed by atoms with Gasteiger partial charge in [-0.25, -0.2) is 0 Å². The summed E-state index contributed by atoms with van der Waals surface area (Å²) < 4.78 is 0. The van der Waals surface area contributed by atoms with E-state index in [0.29, 0.717) is 0 Å². The fraction of sp³-hybridized carbons (Fsp3) is 0.0909. The SMILES string of the molecule is NC(=O)CNc1ccc2cnccc2c1. The van der Waals surface area contributed by atoms with Crippen LogP contribution < -0.4 is 11.1 Å². The molecule has 0 spiro atoms. The van der Waals surface area contributed by atoms with Crippen LogP contribution in [0, 0.1) is 0 Å². The largest absolute Gasteiger partial charge is 0.376 e. The van der Waals surface area contributed by atoms with Crippen LogP contribution in [0.15, 0.2) is 36.7 Å². The molecule has 1 heterocycles. The second-order valence-corrected chi connectivity index (χ2v) is 3.26. The molecular weight excluding hydrogens is 190 g/mol. The highest BCUT2D eigenvalue weighted by molar-refractivity contribution is 5.86. The molecule has 3 N–H and O–H groups in total. The Balaban J connectivity index is 2.26. The number of anilines is 1. The minimum Gasteiger partial charge on any atom is -0.376 e. The van der Waals surface area contributed by atoms with Crippen LogP contribution in [0.4, 0.5) is 5.69 Å². The van der Waals surface area contributed by atoms with Gasteiger partial charge in [0.15, 0.2) is 0 Å². The normalized spacial score (nSPS) is 10.1. The van der Waals surface area contributed by atoms with Gasteiger partial charge in [0.05, 0.1) is 6.54 Å². The van der Waals surface area contributed by atoms with E-state index in [4.69, 9.17) is 5.73 Å². The topological polar surface area (TPSA) is 68.0 Å². The van der Waals surface area contributed by atoms with Gasteiger partial charge in [0.25, 0.3) is 0 Å². The van der Waals surface area contributed by atoms with Crippen LogP contribution in [-0.2, 0) is 4.79 Å². The highest BCUT2D eigenvalue weighted by Gasteiger charge is 1.97. The maximum atomic E-state index is 10.6. The summed E-state index contributed by atoms with van der Waals surface area (Å²) in [6, 6.07) is 7.73. The fourth-order valence-corrected chi connectivity index (χ4v) is 1.38. The van der Waals surface area contributed by atoms with Crippen molar-refractivity contribution < 1.29 is 4.79 Å². The molecule has 0 aliphatic rings. The molecule has 4 heteroatoms. The molecule has 0 saturated carbocycles. The van der Waals surface area contributed by atoms with Gasteiger partial charge in [0.2, 0.25) is 5.91 Å². The highest BCUT2D eigenvalue weighted by atomic mass is 16.1. The molecule has 0 aliphatic carbocycles. The predicted molar refractivity (Wildman–Crippen MR) is 59.4 cm³/mol. The number of benzene rings is 1. The third-order valence-electron chi connectivity index (χ3n) is 2.11. The van der Waals surface area contributed by atoms with Crippen LogP contribution in [0.2, 0.25) is 0 Å². The zero-order chi connectivity index (χ0) is 10.7. The summed E-state index contributed by atoms with van der Waals surface area (Å²) in [5, 5.41) is 5.10. The van der Waals surface area contributed by atoms with E-state index >= 15 is 0 Å². The van der Waals surface area contributed by atoms with E-state index in [1.807, 2.05) is 24.3 Å². The molecular formula is C11H11N3O. The number of aromatic nitrogens is 1. The maximum absolute atomic E-state index is 10.6. The van der Waals surface area contributed by atoms with E-state index < -0.39 is 0 Å². The summed E-state index contributed by atoms with van der Waals surface area (Å²) in [6.45, 7) is 0.149. The van der Waals surface area contributed by atoms with Crippen LogP contribution in [0.3, 0.4) is 0 Å². The lowest BCUT2D eigenvalue weighted by atomic mass is 10.1. The summed E-state index contributed by atoms with van der Waals surface area (Å²) in [6.07, 6.45) is 3.54. The number of nitrogens with two attached hydrogens (primary N) is 1. The van der Waals surface area contributed by atoms with Gasteiger partial charge in [0.1, 0.15) is 0 Å². The Hall–Kier alpha value is -2.10. The molecule has 0 bridgehead atoms. The summed E-state index contributed by atoms with van der Waals surface area (Å²) in [4.78, 5) is 14.6. The smallest absolute Gasteiger partial charge is 0.236 e. The molecule has 2 rings (SSSR count). The molecule has 76 valence electrons. The lowest BCUT2D eigenvalue weighted by Crippen LogP contribution is -2.21. The molecule has 0 aliphatic heterocycles. The van der Waals surface area contributed by atoms with Gasteiger partial charge in [0, 0.05) is 23.5 Å². The van der Waals surface area contributed by atoms with Crippen molar-refractivity contribution in [2.24, 2.45) is 5.73 Å². The van der Waals surface area contributed by atoms with E-state index in [-0.39, 0.29) is 12.5 Å². The average molecular weight is 201 g/mol. The number of fused-ring (bicyclic) bond motifs is 1. The first-order valence-electron chi connectivity index (χ1n) is 4.62. The predicted octanol–water partition coefficient (Wildman–Crippen LogP) is 1.13. The molecule has 2 aromatic rings. The third-order valence-corrected chi connectivity index (χ3v) is 2.11. The van der Waals surface area contributed by atoms with E-state index in [2.05, 4.69) is 10.3 Å². The van der Waals surface area contributed by atoms with Crippen molar-refractivity contribution in [2.75, 3.05) is 11.9 Å². The van der Waals surface area contributed by atoms with Crippen LogP contribution in [-0.4, -0.2) is 17.4 Å². The molecule has 1 aromatic heterocycles. The first-order valence-corrected chi connectivity index (χ1v) is 4.62. The maximum Gasteiger partial charge on any atom is 0.236 e. The van der Waals surface area contributed by atoms with Gasteiger partial charge >= 0.3 is 0 Å². The number of rotatable bonds is 3. The first-order chi connectivity index (χ1) is 7.25. The number of pyridine rings is 1. The van der Waals surface area contributed by atoms with Gasteiger partial charge in [-0.1, -0.05) is 6.07 Å². The minimum absolute atomic E-state index is 0.149. The van der Waals surface area contributed by atoms with Crippen molar-refractivity contribution in [3.05, 3.63) is 36.7 Å². The number of primary amides is 1. The highest BCUT2D eigenvalue weighted by Crippen LogP contribution is 2.17. The van der Waals surface area contributed by atoms with Gasteiger partial charge in [-0.2, -0.15) is 0 Å². The summed E-state index contributed by atoms with van der Waals surface area (Å²) in [7, 11) is 0. The monoisotopic (exact) mass is 201 g/mol. The Bertz CT molecular complexity index is 496. The lowest BCUT2D eigenvalue weighted by Gasteiger charge is -2.04. The van der Waals surface area contributed by atoms with Crippen molar-refractivity contribution in [1.82, 2.24) is 4.98 Å². The minimum atomic E-state index is -0.371. The quantitative estimate of drug-likeness (QED) is 0.782. The van der Waals surface area contributed by atoms with Crippen LogP contribution >= 0.6 is 0 Å². The number of hydrogen-bond donors (Lipinski definition) is 2. The zero-order valence-electron chi connectivity index (χ0n) is 8.10. The zero-order valence-corrected chi connectivity index (χ0v) is 8.10. The number of nitrogens with one attached hydrogen (secondary N) is 1. The van der Waals surface area contributed by atoms with E-state index in [1.54, 1.807) is 12.4 Å². The van der Waals surface area contributed by atoms with E-state index in [0.717, 1.165) is 16.5 Å². The molecule has 0 fully saturated rings.